The van der Waals surface area contributed by atoms with Crippen molar-refractivity contribution in [3.63, 3.8) is 0 Å². The number of amides is 1. The number of hydrogen-bond acceptors (Lipinski definition) is 4. The van der Waals surface area contributed by atoms with Gasteiger partial charge in [0.15, 0.2) is 0 Å². The Morgan fingerprint density at radius 2 is 1.90 bits per heavy atom. The molecule has 150 valence electrons. The molecule has 29 heavy (non-hydrogen) atoms. The van der Waals surface area contributed by atoms with E-state index in [1.807, 2.05) is 0 Å². The van der Waals surface area contributed by atoms with Crippen LogP contribution < -0.4 is 10.0 Å². The van der Waals surface area contributed by atoms with Crippen LogP contribution in [0, 0.1) is 0 Å². The maximum atomic E-state index is 12.6. The van der Waals surface area contributed by atoms with Gasteiger partial charge in [-0.1, -0.05) is 6.07 Å². The molecule has 1 aromatic heterocycles. The summed E-state index contributed by atoms with van der Waals surface area (Å²) < 4.78 is 33.1. The van der Waals surface area contributed by atoms with E-state index in [9.17, 15) is 13.2 Å². The van der Waals surface area contributed by atoms with Gasteiger partial charge in [-0.15, -0.1) is 0 Å². The van der Waals surface area contributed by atoms with Gasteiger partial charge in [0, 0.05) is 22.7 Å². The number of fused-ring (bicyclic) bond motifs is 2. The van der Waals surface area contributed by atoms with E-state index in [-0.39, 0.29) is 23.3 Å². The molecule has 3 aromatic rings. The van der Waals surface area contributed by atoms with Crippen LogP contribution in [0.3, 0.4) is 0 Å². The van der Waals surface area contributed by atoms with Crippen LogP contribution in [0.15, 0.2) is 52.0 Å². The molecule has 1 heterocycles. The largest absolute Gasteiger partial charge is 0.464 e. The fourth-order valence-corrected chi connectivity index (χ4v) is 5.24. The lowest BCUT2D eigenvalue weighted by molar-refractivity contribution is -0.115. The van der Waals surface area contributed by atoms with Crippen LogP contribution in [0.4, 0.5) is 5.69 Å². The first-order chi connectivity index (χ1) is 14.0. The van der Waals surface area contributed by atoms with E-state index in [1.165, 1.54) is 23.3 Å². The molecule has 2 aliphatic rings. The molecule has 5 rings (SSSR count). The Bertz CT molecular complexity index is 1210. The molecule has 0 spiro atoms. The summed E-state index contributed by atoms with van der Waals surface area (Å²) in [5.41, 5.74) is 4.78. The zero-order chi connectivity index (χ0) is 20.0. The molecule has 0 radical (unpaired) electrons. The summed E-state index contributed by atoms with van der Waals surface area (Å²) in [7, 11) is -3.56. The summed E-state index contributed by atoms with van der Waals surface area (Å²) in [6.45, 7) is 0. The zero-order valence-electron chi connectivity index (χ0n) is 15.9. The van der Waals surface area contributed by atoms with Gasteiger partial charge in [-0.25, -0.2) is 13.1 Å². The van der Waals surface area contributed by atoms with Crippen LogP contribution in [-0.2, 0) is 34.1 Å². The molecule has 0 aliphatic heterocycles. The molecule has 0 unspecified atom stereocenters. The number of rotatable bonds is 6. The number of nitrogens with one attached hydrogen (secondary N) is 2. The molecule has 6 nitrogen and oxygen atoms in total. The second-order valence-electron chi connectivity index (χ2n) is 7.88. The topological polar surface area (TPSA) is 88.4 Å². The number of anilines is 1. The van der Waals surface area contributed by atoms with E-state index < -0.39 is 10.0 Å². The van der Waals surface area contributed by atoms with Crippen LogP contribution in [-0.4, -0.2) is 20.4 Å². The highest BCUT2D eigenvalue weighted by Gasteiger charge is 2.28. The van der Waals surface area contributed by atoms with Gasteiger partial charge >= 0.3 is 0 Å². The zero-order valence-corrected chi connectivity index (χ0v) is 16.7. The van der Waals surface area contributed by atoms with E-state index in [1.54, 1.807) is 18.4 Å². The Hall–Kier alpha value is -2.64. The minimum Gasteiger partial charge on any atom is -0.464 e. The Morgan fingerprint density at radius 1 is 1.10 bits per heavy atom. The van der Waals surface area contributed by atoms with Gasteiger partial charge in [-0.3, -0.25) is 4.79 Å². The van der Waals surface area contributed by atoms with Crippen LogP contribution in [0.1, 0.15) is 36.0 Å². The summed E-state index contributed by atoms with van der Waals surface area (Å²) in [6, 6.07) is 10.6. The third-order valence-corrected chi connectivity index (χ3v) is 7.06. The standard InChI is InChI=1S/C22H22N2O4S/c25-22(11-16-13-28-21-10-15-4-1-3-14(15)9-20(16)21)23-18-5-2-6-19(12-18)29(26,27)24-17-7-8-17/h2,5-6,9-10,12-13,17,24H,1,3-4,7-8,11H2,(H,23,25). The molecule has 1 amide bonds. The van der Waals surface area contributed by atoms with Crippen molar-refractivity contribution in [1.29, 1.82) is 0 Å². The lowest BCUT2D eigenvalue weighted by atomic mass is 10.0. The first-order valence-electron chi connectivity index (χ1n) is 9.92. The van der Waals surface area contributed by atoms with E-state index in [0.717, 1.165) is 48.6 Å². The maximum Gasteiger partial charge on any atom is 0.240 e. The second-order valence-corrected chi connectivity index (χ2v) is 9.59. The molecule has 1 saturated carbocycles. The second kappa shape index (κ2) is 7.00. The average Bonchev–Trinajstić information content (AvgIpc) is 3.23. The minimum absolute atomic E-state index is 0.0362. The highest BCUT2D eigenvalue weighted by Crippen LogP contribution is 2.30. The normalized spacial score (nSPS) is 16.1. The molecule has 2 N–H and O–H groups in total. The van der Waals surface area contributed by atoms with Gasteiger partial charge in [-0.05, 0) is 73.6 Å². The number of carbonyl (C=O) groups is 1. The third-order valence-electron chi connectivity index (χ3n) is 5.55. The minimum atomic E-state index is -3.56. The van der Waals surface area contributed by atoms with Gasteiger partial charge in [-0.2, -0.15) is 0 Å². The number of aryl methyl sites for hydroxylation is 2. The monoisotopic (exact) mass is 410 g/mol. The van der Waals surface area contributed by atoms with Gasteiger partial charge in [0.05, 0.1) is 17.6 Å². The highest BCUT2D eigenvalue weighted by atomic mass is 32.2. The van der Waals surface area contributed by atoms with E-state index >= 15 is 0 Å². The van der Waals surface area contributed by atoms with Crippen LogP contribution in [0.25, 0.3) is 11.0 Å². The van der Waals surface area contributed by atoms with Crippen molar-refractivity contribution < 1.29 is 17.6 Å². The molecule has 2 aliphatic carbocycles. The SMILES string of the molecule is O=C(Cc1coc2cc3c(cc12)CCC3)Nc1cccc(S(=O)(=O)NC2CC2)c1. The Morgan fingerprint density at radius 3 is 2.69 bits per heavy atom. The number of benzene rings is 2. The molecule has 1 fully saturated rings. The van der Waals surface area contributed by atoms with Crippen molar-refractivity contribution in [2.75, 3.05) is 5.32 Å². The Balaban J connectivity index is 1.32. The molecule has 0 atom stereocenters. The average molecular weight is 410 g/mol. The Labute approximate surface area is 169 Å². The summed E-state index contributed by atoms with van der Waals surface area (Å²) in [5, 5.41) is 3.78. The van der Waals surface area contributed by atoms with Gasteiger partial charge in [0.2, 0.25) is 15.9 Å². The summed E-state index contributed by atoms with van der Waals surface area (Å²) in [4.78, 5) is 12.7. The molecular weight excluding hydrogens is 388 g/mol. The lowest BCUT2D eigenvalue weighted by Gasteiger charge is -2.09. The fourth-order valence-electron chi connectivity index (χ4n) is 3.89. The number of sulfonamides is 1. The summed E-state index contributed by atoms with van der Waals surface area (Å²) >= 11 is 0. The number of furan rings is 1. The van der Waals surface area contributed by atoms with Crippen molar-refractivity contribution in [3.8, 4) is 0 Å². The third kappa shape index (κ3) is 3.80. The van der Waals surface area contributed by atoms with Gasteiger partial charge in [0.1, 0.15) is 5.58 Å². The molecule has 2 aromatic carbocycles. The maximum absolute atomic E-state index is 12.6. The van der Waals surface area contributed by atoms with Crippen LogP contribution >= 0.6 is 0 Å². The van der Waals surface area contributed by atoms with Crippen molar-refractivity contribution >= 4 is 32.6 Å². The number of hydrogen-bond donors (Lipinski definition) is 2. The van der Waals surface area contributed by atoms with Crippen molar-refractivity contribution in [1.82, 2.24) is 4.72 Å². The molecule has 0 bridgehead atoms. The van der Waals surface area contributed by atoms with Gasteiger partial charge in [0.25, 0.3) is 0 Å². The van der Waals surface area contributed by atoms with E-state index in [0.29, 0.717) is 5.69 Å². The molecular formula is C22H22N2O4S. The summed E-state index contributed by atoms with van der Waals surface area (Å²) in [6.07, 6.45) is 6.86. The molecule has 7 heteroatoms. The predicted molar refractivity (Wildman–Crippen MR) is 110 cm³/mol. The van der Waals surface area contributed by atoms with E-state index in [4.69, 9.17) is 4.42 Å². The lowest BCUT2D eigenvalue weighted by Crippen LogP contribution is -2.25. The highest BCUT2D eigenvalue weighted by molar-refractivity contribution is 7.89. The van der Waals surface area contributed by atoms with Gasteiger partial charge < -0.3 is 9.73 Å². The molecule has 0 saturated heterocycles. The first-order valence-corrected chi connectivity index (χ1v) is 11.4. The summed E-state index contributed by atoms with van der Waals surface area (Å²) in [5.74, 6) is -0.210. The smallest absolute Gasteiger partial charge is 0.240 e. The quantitative estimate of drug-likeness (QED) is 0.651. The van der Waals surface area contributed by atoms with Crippen molar-refractivity contribution in [2.45, 2.75) is 49.5 Å². The van der Waals surface area contributed by atoms with E-state index in [2.05, 4.69) is 22.2 Å². The number of carbonyl (C=O) groups excluding carboxylic acids is 1. The predicted octanol–water partition coefficient (Wildman–Crippen LogP) is 3.54. The van der Waals surface area contributed by atoms with Crippen LogP contribution in [0.5, 0.6) is 0 Å². The first kappa shape index (κ1) is 18.4. The van der Waals surface area contributed by atoms with Crippen molar-refractivity contribution in [3.05, 3.63) is 59.4 Å². The Kier molecular flexibility index (Phi) is 4.44. The fraction of sp³-hybridized carbons (Fsp3) is 0.318. The van der Waals surface area contributed by atoms with Crippen LogP contribution in [0.2, 0.25) is 0 Å². The van der Waals surface area contributed by atoms with Crippen molar-refractivity contribution in [2.24, 2.45) is 0 Å².